The van der Waals surface area contributed by atoms with Gasteiger partial charge in [0.2, 0.25) is 5.89 Å². The van der Waals surface area contributed by atoms with Crippen LogP contribution in [0.5, 0.6) is 0 Å². The van der Waals surface area contributed by atoms with E-state index in [4.69, 9.17) is 14.9 Å². The second-order valence-electron chi connectivity index (χ2n) is 4.21. The van der Waals surface area contributed by atoms with Crippen molar-refractivity contribution in [1.82, 2.24) is 9.88 Å². The summed E-state index contributed by atoms with van der Waals surface area (Å²) < 4.78 is 11.1. The standard InChI is InChI=1S/C11H19N3O2/c1-8-9(2)16-11(13-8)7-14-3-4-15-10(5-12)6-14/h10H,3-7,12H2,1-2H3. The lowest BCUT2D eigenvalue weighted by molar-refractivity contribution is -0.0284. The van der Waals surface area contributed by atoms with Crippen LogP contribution in [0.15, 0.2) is 4.42 Å². The van der Waals surface area contributed by atoms with Gasteiger partial charge in [0.15, 0.2) is 0 Å². The van der Waals surface area contributed by atoms with Gasteiger partial charge in [-0.2, -0.15) is 0 Å². The number of aromatic nitrogens is 1. The van der Waals surface area contributed by atoms with E-state index in [2.05, 4.69) is 9.88 Å². The number of hydrogen-bond donors (Lipinski definition) is 1. The molecule has 1 atom stereocenters. The van der Waals surface area contributed by atoms with Crippen LogP contribution in [-0.4, -0.2) is 42.2 Å². The molecule has 1 aliphatic rings. The molecule has 16 heavy (non-hydrogen) atoms. The molecule has 0 spiro atoms. The smallest absolute Gasteiger partial charge is 0.208 e. The summed E-state index contributed by atoms with van der Waals surface area (Å²) in [5, 5.41) is 0. The van der Waals surface area contributed by atoms with E-state index < -0.39 is 0 Å². The van der Waals surface area contributed by atoms with Gasteiger partial charge in [0, 0.05) is 19.6 Å². The molecule has 5 heteroatoms. The molecule has 0 bridgehead atoms. The summed E-state index contributed by atoms with van der Waals surface area (Å²) in [4.78, 5) is 6.64. The van der Waals surface area contributed by atoms with Crippen LogP contribution in [0.25, 0.3) is 0 Å². The van der Waals surface area contributed by atoms with Crippen molar-refractivity contribution < 1.29 is 9.15 Å². The third-order valence-electron chi connectivity index (χ3n) is 2.92. The summed E-state index contributed by atoms with van der Waals surface area (Å²) in [5.74, 6) is 1.69. The molecule has 90 valence electrons. The molecule has 0 amide bonds. The first-order valence-electron chi connectivity index (χ1n) is 5.66. The van der Waals surface area contributed by atoms with Crippen molar-refractivity contribution in [1.29, 1.82) is 0 Å². The van der Waals surface area contributed by atoms with Gasteiger partial charge in [0.25, 0.3) is 0 Å². The number of rotatable bonds is 3. The fraction of sp³-hybridized carbons (Fsp3) is 0.727. The lowest BCUT2D eigenvalue weighted by Gasteiger charge is -2.31. The fourth-order valence-corrected chi connectivity index (χ4v) is 1.86. The van der Waals surface area contributed by atoms with Gasteiger partial charge in [-0.3, -0.25) is 4.90 Å². The monoisotopic (exact) mass is 225 g/mol. The van der Waals surface area contributed by atoms with E-state index in [-0.39, 0.29) is 6.10 Å². The first kappa shape index (κ1) is 11.6. The molecule has 0 aromatic carbocycles. The highest BCUT2D eigenvalue weighted by molar-refractivity contribution is 5.05. The van der Waals surface area contributed by atoms with Crippen LogP contribution < -0.4 is 5.73 Å². The maximum atomic E-state index is 5.60. The number of nitrogens with zero attached hydrogens (tertiary/aromatic N) is 2. The second-order valence-corrected chi connectivity index (χ2v) is 4.21. The molecule has 1 aliphatic heterocycles. The van der Waals surface area contributed by atoms with E-state index >= 15 is 0 Å². The maximum Gasteiger partial charge on any atom is 0.208 e. The molecule has 1 unspecified atom stereocenters. The molecule has 1 aromatic rings. The lowest BCUT2D eigenvalue weighted by Crippen LogP contribution is -2.45. The van der Waals surface area contributed by atoms with Crippen LogP contribution in [-0.2, 0) is 11.3 Å². The van der Waals surface area contributed by atoms with E-state index in [0.29, 0.717) is 6.54 Å². The number of nitrogens with two attached hydrogens (primary N) is 1. The Labute approximate surface area is 95.6 Å². The van der Waals surface area contributed by atoms with Gasteiger partial charge in [-0.1, -0.05) is 0 Å². The van der Waals surface area contributed by atoms with Crippen LogP contribution in [0.2, 0.25) is 0 Å². The average Bonchev–Trinajstić information content (AvgIpc) is 2.58. The predicted octanol–water partition coefficient (Wildman–Crippen LogP) is 0.451. The summed E-state index contributed by atoms with van der Waals surface area (Å²) in [6, 6.07) is 0. The molecule has 0 aliphatic carbocycles. The summed E-state index contributed by atoms with van der Waals surface area (Å²) in [7, 11) is 0. The highest BCUT2D eigenvalue weighted by atomic mass is 16.5. The average molecular weight is 225 g/mol. The highest BCUT2D eigenvalue weighted by Gasteiger charge is 2.20. The zero-order chi connectivity index (χ0) is 11.5. The van der Waals surface area contributed by atoms with Crippen LogP contribution in [0, 0.1) is 13.8 Å². The minimum atomic E-state index is 0.144. The molecule has 1 aromatic heterocycles. The molecule has 2 rings (SSSR count). The minimum Gasteiger partial charge on any atom is -0.444 e. The fourth-order valence-electron chi connectivity index (χ4n) is 1.86. The summed E-state index contributed by atoms with van der Waals surface area (Å²) >= 11 is 0. The Kier molecular flexibility index (Phi) is 3.58. The van der Waals surface area contributed by atoms with Crippen molar-refractivity contribution in [2.75, 3.05) is 26.2 Å². The number of aryl methyl sites for hydroxylation is 2. The van der Waals surface area contributed by atoms with Gasteiger partial charge in [-0.05, 0) is 13.8 Å². The van der Waals surface area contributed by atoms with E-state index in [1.54, 1.807) is 0 Å². The summed E-state index contributed by atoms with van der Waals surface area (Å²) in [6.45, 7) is 7.72. The summed E-state index contributed by atoms with van der Waals surface area (Å²) in [5.41, 5.74) is 6.57. The number of oxazole rings is 1. The van der Waals surface area contributed by atoms with Crippen molar-refractivity contribution in [2.24, 2.45) is 5.73 Å². The van der Waals surface area contributed by atoms with Crippen molar-refractivity contribution in [2.45, 2.75) is 26.5 Å². The van der Waals surface area contributed by atoms with Gasteiger partial charge >= 0.3 is 0 Å². The Morgan fingerprint density at radius 2 is 2.31 bits per heavy atom. The molecular weight excluding hydrogens is 206 g/mol. The largest absolute Gasteiger partial charge is 0.444 e. The first-order chi connectivity index (χ1) is 7.69. The van der Waals surface area contributed by atoms with E-state index in [1.165, 1.54) is 0 Å². The summed E-state index contributed by atoms with van der Waals surface area (Å²) in [6.07, 6.45) is 0.144. The van der Waals surface area contributed by atoms with Crippen LogP contribution in [0.4, 0.5) is 0 Å². The second kappa shape index (κ2) is 4.95. The molecule has 2 heterocycles. The number of hydrogen-bond acceptors (Lipinski definition) is 5. The Bertz CT molecular complexity index is 331. The van der Waals surface area contributed by atoms with Gasteiger partial charge in [0.05, 0.1) is 24.9 Å². The number of morpholine rings is 1. The first-order valence-corrected chi connectivity index (χ1v) is 5.66. The van der Waals surface area contributed by atoms with E-state index in [9.17, 15) is 0 Å². The topological polar surface area (TPSA) is 64.5 Å². The van der Waals surface area contributed by atoms with Crippen LogP contribution in [0.3, 0.4) is 0 Å². The van der Waals surface area contributed by atoms with Crippen molar-refractivity contribution in [3.63, 3.8) is 0 Å². The van der Waals surface area contributed by atoms with Gasteiger partial charge in [-0.25, -0.2) is 4.98 Å². The quantitative estimate of drug-likeness (QED) is 0.809. The Morgan fingerprint density at radius 3 is 2.94 bits per heavy atom. The molecule has 0 saturated carbocycles. The Hall–Kier alpha value is -0.910. The molecule has 1 saturated heterocycles. The highest BCUT2D eigenvalue weighted by Crippen LogP contribution is 2.12. The lowest BCUT2D eigenvalue weighted by atomic mass is 10.3. The third kappa shape index (κ3) is 2.61. The zero-order valence-electron chi connectivity index (χ0n) is 9.90. The van der Waals surface area contributed by atoms with Crippen molar-refractivity contribution >= 4 is 0 Å². The SMILES string of the molecule is Cc1nc(CN2CCOC(CN)C2)oc1C. The normalized spacial score (nSPS) is 22.6. The van der Waals surface area contributed by atoms with Crippen LogP contribution >= 0.6 is 0 Å². The Balaban J connectivity index is 1.93. The van der Waals surface area contributed by atoms with Gasteiger partial charge in [0.1, 0.15) is 5.76 Å². The maximum absolute atomic E-state index is 5.60. The molecule has 1 fully saturated rings. The molecular formula is C11H19N3O2. The van der Waals surface area contributed by atoms with Gasteiger partial charge in [-0.15, -0.1) is 0 Å². The van der Waals surface area contributed by atoms with Crippen molar-refractivity contribution in [3.8, 4) is 0 Å². The van der Waals surface area contributed by atoms with E-state index in [0.717, 1.165) is 43.6 Å². The number of ether oxygens (including phenoxy) is 1. The zero-order valence-corrected chi connectivity index (χ0v) is 9.90. The molecule has 0 radical (unpaired) electrons. The van der Waals surface area contributed by atoms with E-state index in [1.807, 2.05) is 13.8 Å². The van der Waals surface area contributed by atoms with Crippen LogP contribution in [0.1, 0.15) is 17.3 Å². The van der Waals surface area contributed by atoms with Crippen molar-refractivity contribution in [3.05, 3.63) is 17.3 Å². The molecule has 2 N–H and O–H groups in total. The molecule has 5 nitrogen and oxygen atoms in total. The third-order valence-corrected chi connectivity index (χ3v) is 2.92. The minimum absolute atomic E-state index is 0.144. The predicted molar refractivity (Wildman–Crippen MR) is 60.0 cm³/mol. The Morgan fingerprint density at radius 1 is 1.50 bits per heavy atom. The van der Waals surface area contributed by atoms with Gasteiger partial charge < -0.3 is 14.9 Å².